The van der Waals surface area contributed by atoms with Crippen molar-refractivity contribution in [3.63, 3.8) is 0 Å². The zero-order chi connectivity index (χ0) is 13.7. The molecule has 2 atom stereocenters. The highest BCUT2D eigenvalue weighted by Crippen LogP contribution is 2.16. The molecule has 0 aliphatic heterocycles. The van der Waals surface area contributed by atoms with Crippen molar-refractivity contribution in [2.45, 2.75) is 18.9 Å². The second-order valence-electron chi connectivity index (χ2n) is 4.05. The van der Waals surface area contributed by atoms with E-state index >= 15 is 0 Å². The molecule has 0 amide bonds. The van der Waals surface area contributed by atoms with Crippen LogP contribution in [0.5, 0.6) is 0 Å². The zero-order valence-electron chi connectivity index (χ0n) is 9.54. The Morgan fingerprint density at radius 1 is 1.17 bits per heavy atom. The molecule has 0 heterocycles. The van der Waals surface area contributed by atoms with Gasteiger partial charge < -0.3 is 15.9 Å². The second kappa shape index (κ2) is 6.69. The van der Waals surface area contributed by atoms with Gasteiger partial charge in [0.25, 0.3) is 0 Å². The van der Waals surface area contributed by atoms with E-state index in [0.717, 1.165) is 9.13 Å². The molecular formula is C12H14INO4. The van der Waals surface area contributed by atoms with Crippen LogP contribution in [0.25, 0.3) is 0 Å². The van der Waals surface area contributed by atoms with Crippen molar-refractivity contribution in [1.82, 2.24) is 0 Å². The van der Waals surface area contributed by atoms with E-state index in [9.17, 15) is 9.59 Å². The van der Waals surface area contributed by atoms with E-state index < -0.39 is 23.9 Å². The summed E-state index contributed by atoms with van der Waals surface area (Å²) in [4.78, 5) is 21.7. The molecule has 6 heteroatoms. The Morgan fingerprint density at radius 2 is 1.72 bits per heavy atom. The van der Waals surface area contributed by atoms with E-state index in [1.165, 1.54) is 0 Å². The summed E-state index contributed by atoms with van der Waals surface area (Å²) in [6.07, 6.45) is 0.212. The number of benzene rings is 1. The summed E-state index contributed by atoms with van der Waals surface area (Å²) in [6, 6.07) is 6.29. The second-order valence-corrected chi connectivity index (χ2v) is 5.29. The van der Waals surface area contributed by atoms with Crippen molar-refractivity contribution in [1.29, 1.82) is 0 Å². The normalized spacial score (nSPS) is 13.9. The smallest absolute Gasteiger partial charge is 0.320 e. The molecule has 0 saturated heterocycles. The van der Waals surface area contributed by atoms with Gasteiger partial charge in [-0.3, -0.25) is 9.59 Å². The molecule has 0 aliphatic carbocycles. The fraction of sp³-hybridized carbons (Fsp3) is 0.333. The van der Waals surface area contributed by atoms with Gasteiger partial charge in [0.05, 0.1) is 5.92 Å². The van der Waals surface area contributed by atoms with E-state index in [0.29, 0.717) is 0 Å². The van der Waals surface area contributed by atoms with Gasteiger partial charge in [0.2, 0.25) is 0 Å². The van der Waals surface area contributed by atoms with Crippen LogP contribution in [0, 0.1) is 9.49 Å². The summed E-state index contributed by atoms with van der Waals surface area (Å²) in [7, 11) is 0. The van der Waals surface area contributed by atoms with Gasteiger partial charge in [-0.2, -0.15) is 0 Å². The molecule has 0 fully saturated rings. The van der Waals surface area contributed by atoms with Crippen LogP contribution in [0.2, 0.25) is 0 Å². The van der Waals surface area contributed by atoms with E-state index in [4.69, 9.17) is 15.9 Å². The summed E-state index contributed by atoms with van der Waals surface area (Å²) < 4.78 is 1.06. The van der Waals surface area contributed by atoms with Gasteiger partial charge in [-0.1, -0.05) is 12.1 Å². The van der Waals surface area contributed by atoms with Gasteiger partial charge >= 0.3 is 11.9 Å². The maximum Gasteiger partial charge on any atom is 0.320 e. The fourth-order valence-corrected chi connectivity index (χ4v) is 1.94. The quantitative estimate of drug-likeness (QED) is 0.663. The molecule has 98 valence electrons. The first kappa shape index (κ1) is 14.9. The summed E-state index contributed by atoms with van der Waals surface area (Å²) in [5.41, 5.74) is 6.23. The van der Waals surface area contributed by atoms with E-state index in [-0.39, 0.29) is 12.8 Å². The predicted octanol–water partition coefficient (Wildman–Crippen LogP) is 1.34. The number of halogens is 1. The molecule has 0 aromatic heterocycles. The molecular weight excluding hydrogens is 349 g/mol. The molecule has 4 N–H and O–H groups in total. The first-order chi connectivity index (χ1) is 8.40. The highest BCUT2D eigenvalue weighted by atomic mass is 127. The maximum atomic E-state index is 11.1. The molecule has 1 rings (SSSR count). The molecule has 0 unspecified atom stereocenters. The minimum Gasteiger partial charge on any atom is -0.481 e. The van der Waals surface area contributed by atoms with Crippen molar-refractivity contribution in [3.05, 3.63) is 33.4 Å². The van der Waals surface area contributed by atoms with E-state index in [2.05, 4.69) is 22.6 Å². The number of hydrogen-bond acceptors (Lipinski definition) is 3. The third kappa shape index (κ3) is 4.61. The topological polar surface area (TPSA) is 101 Å². The average molecular weight is 363 g/mol. The van der Waals surface area contributed by atoms with Gasteiger partial charge in [0, 0.05) is 3.57 Å². The zero-order valence-corrected chi connectivity index (χ0v) is 11.7. The summed E-state index contributed by atoms with van der Waals surface area (Å²) in [6.45, 7) is 0. The van der Waals surface area contributed by atoms with Crippen LogP contribution >= 0.6 is 22.6 Å². The van der Waals surface area contributed by atoms with Crippen molar-refractivity contribution in [3.8, 4) is 0 Å². The Bertz CT molecular complexity index is 432. The van der Waals surface area contributed by atoms with Crippen molar-refractivity contribution >= 4 is 34.5 Å². The molecule has 18 heavy (non-hydrogen) atoms. The molecule has 0 spiro atoms. The lowest BCUT2D eigenvalue weighted by Gasteiger charge is -2.14. The van der Waals surface area contributed by atoms with Crippen LogP contribution < -0.4 is 5.73 Å². The molecule has 0 bridgehead atoms. The van der Waals surface area contributed by atoms with Gasteiger partial charge in [0.1, 0.15) is 6.04 Å². The minimum absolute atomic E-state index is 0.0728. The first-order valence-electron chi connectivity index (χ1n) is 5.35. The molecule has 0 saturated carbocycles. The average Bonchev–Trinajstić information content (AvgIpc) is 2.30. The number of carboxylic acids is 2. The number of carboxylic acid groups (broad SMARTS) is 2. The summed E-state index contributed by atoms with van der Waals surface area (Å²) in [5.74, 6) is -2.98. The van der Waals surface area contributed by atoms with Crippen LogP contribution in [0.15, 0.2) is 24.3 Å². The van der Waals surface area contributed by atoms with Gasteiger partial charge in [0.15, 0.2) is 0 Å². The highest BCUT2D eigenvalue weighted by molar-refractivity contribution is 14.1. The Balaban J connectivity index is 2.71. The van der Waals surface area contributed by atoms with E-state index in [1.807, 2.05) is 24.3 Å². The lowest BCUT2D eigenvalue weighted by atomic mass is 9.93. The Labute approximate surface area is 118 Å². The van der Waals surface area contributed by atoms with Crippen LogP contribution in [-0.4, -0.2) is 28.2 Å². The Morgan fingerprint density at radius 3 is 2.17 bits per heavy atom. The summed E-state index contributed by atoms with van der Waals surface area (Å²) in [5, 5.41) is 17.8. The molecule has 5 nitrogen and oxygen atoms in total. The monoisotopic (exact) mass is 363 g/mol. The standard InChI is InChI=1S/C12H14INO4/c13-9-3-1-7(2-4-9)5-8(11(15)16)6-10(14)12(17)18/h1-4,8,10H,5-6,14H2,(H,15,16)(H,17,18)/t8-,10+/m0/s1. The lowest BCUT2D eigenvalue weighted by Crippen LogP contribution is -2.35. The Hall–Kier alpha value is -1.15. The predicted molar refractivity (Wildman–Crippen MR) is 74.2 cm³/mol. The van der Waals surface area contributed by atoms with Gasteiger partial charge in [-0.25, -0.2) is 0 Å². The largest absolute Gasteiger partial charge is 0.481 e. The van der Waals surface area contributed by atoms with E-state index in [1.54, 1.807) is 0 Å². The summed E-state index contributed by atoms with van der Waals surface area (Å²) >= 11 is 2.16. The lowest BCUT2D eigenvalue weighted by molar-refractivity contribution is -0.143. The molecule has 1 aromatic rings. The third-order valence-corrected chi connectivity index (χ3v) is 3.32. The molecule has 1 aromatic carbocycles. The molecule has 0 aliphatic rings. The van der Waals surface area contributed by atoms with Crippen LogP contribution in [-0.2, 0) is 16.0 Å². The van der Waals surface area contributed by atoms with Crippen molar-refractivity contribution in [2.24, 2.45) is 11.7 Å². The maximum absolute atomic E-state index is 11.1. The van der Waals surface area contributed by atoms with Crippen molar-refractivity contribution < 1.29 is 19.8 Å². The highest BCUT2D eigenvalue weighted by Gasteiger charge is 2.24. The molecule has 0 radical (unpaired) electrons. The number of nitrogens with two attached hydrogens (primary N) is 1. The van der Waals surface area contributed by atoms with Crippen LogP contribution in [0.3, 0.4) is 0 Å². The number of hydrogen-bond donors (Lipinski definition) is 3. The number of aliphatic carboxylic acids is 2. The minimum atomic E-state index is -1.18. The number of rotatable bonds is 6. The third-order valence-electron chi connectivity index (χ3n) is 2.60. The van der Waals surface area contributed by atoms with Crippen molar-refractivity contribution in [2.75, 3.05) is 0 Å². The van der Waals surface area contributed by atoms with Crippen LogP contribution in [0.4, 0.5) is 0 Å². The SMILES string of the molecule is N[C@H](C[C@H](Cc1ccc(I)cc1)C(=O)O)C(=O)O. The fourth-order valence-electron chi connectivity index (χ4n) is 1.58. The first-order valence-corrected chi connectivity index (χ1v) is 6.43. The van der Waals surface area contributed by atoms with Gasteiger partial charge in [-0.15, -0.1) is 0 Å². The number of carbonyl (C=O) groups is 2. The van der Waals surface area contributed by atoms with Gasteiger partial charge in [-0.05, 0) is 53.1 Å². The van der Waals surface area contributed by atoms with Crippen LogP contribution in [0.1, 0.15) is 12.0 Å². The Kier molecular flexibility index (Phi) is 5.54.